The third kappa shape index (κ3) is 4.63. The number of carbonyl (C=O) groups excluding carboxylic acids is 1. The molecular weight excluding hydrogens is 328 g/mol. The number of carbonyl (C=O) groups is 2. The van der Waals surface area contributed by atoms with Gasteiger partial charge >= 0.3 is 5.97 Å². The van der Waals surface area contributed by atoms with E-state index in [1.807, 2.05) is 53.4 Å². The maximum absolute atomic E-state index is 12.7. The van der Waals surface area contributed by atoms with E-state index in [2.05, 4.69) is 17.0 Å². The van der Waals surface area contributed by atoms with Gasteiger partial charge in [-0.2, -0.15) is 0 Å². The van der Waals surface area contributed by atoms with Crippen molar-refractivity contribution in [1.29, 1.82) is 0 Å². The Kier molecular flexibility index (Phi) is 5.89. The van der Waals surface area contributed by atoms with E-state index < -0.39 is 5.97 Å². The maximum Gasteiger partial charge on any atom is 0.303 e. The standard InChI is InChI=1S/C21H24N2O3/c24-20(15-18(16-21(25)26)17-7-3-1-4-8-17)23-13-11-22(12-14-23)19-9-5-2-6-10-19/h1-10,18H,11-16H2,(H,25,26)/t18-/m1/s1. The van der Waals surface area contributed by atoms with E-state index in [-0.39, 0.29) is 24.7 Å². The fraction of sp³-hybridized carbons (Fsp3) is 0.333. The number of carboxylic acids is 1. The SMILES string of the molecule is O=C(O)C[C@@H](CC(=O)N1CCN(c2ccccc2)CC1)c1ccccc1. The van der Waals surface area contributed by atoms with Crippen molar-refractivity contribution in [3.63, 3.8) is 0 Å². The first kappa shape index (κ1) is 18.0. The van der Waals surface area contributed by atoms with Crippen LogP contribution in [0.3, 0.4) is 0 Å². The van der Waals surface area contributed by atoms with Gasteiger partial charge in [-0.25, -0.2) is 0 Å². The van der Waals surface area contributed by atoms with E-state index in [0.717, 1.165) is 18.7 Å². The molecule has 1 aliphatic rings. The number of para-hydroxylation sites is 1. The van der Waals surface area contributed by atoms with Gasteiger partial charge in [-0.1, -0.05) is 48.5 Å². The van der Waals surface area contributed by atoms with Crippen LogP contribution in [0.25, 0.3) is 0 Å². The highest BCUT2D eigenvalue weighted by Gasteiger charge is 2.25. The predicted molar refractivity (Wildman–Crippen MR) is 101 cm³/mol. The van der Waals surface area contributed by atoms with Gasteiger partial charge in [0.1, 0.15) is 0 Å². The Morgan fingerprint density at radius 1 is 0.846 bits per heavy atom. The Morgan fingerprint density at radius 2 is 1.42 bits per heavy atom. The predicted octanol–water partition coefficient (Wildman–Crippen LogP) is 2.98. The molecule has 3 rings (SSSR count). The molecule has 0 aromatic heterocycles. The smallest absolute Gasteiger partial charge is 0.303 e. The molecule has 5 nitrogen and oxygen atoms in total. The first-order chi connectivity index (χ1) is 12.6. The molecule has 136 valence electrons. The highest BCUT2D eigenvalue weighted by molar-refractivity contribution is 5.79. The molecule has 2 aromatic carbocycles. The molecule has 0 unspecified atom stereocenters. The van der Waals surface area contributed by atoms with Crippen molar-refractivity contribution in [1.82, 2.24) is 4.90 Å². The topological polar surface area (TPSA) is 60.9 Å². The van der Waals surface area contributed by atoms with E-state index in [1.54, 1.807) is 0 Å². The highest BCUT2D eigenvalue weighted by atomic mass is 16.4. The highest BCUT2D eigenvalue weighted by Crippen LogP contribution is 2.25. The second-order valence-electron chi connectivity index (χ2n) is 6.61. The van der Waals surface area contributed by atoms with Gasteiger partial charge in [-0.3, -0.25) is 9.59 Å². The third-order valence-corrected chi connectivity index (χ3v) is 4.87. The van der Waals surface area contributed by atoms with Crippen LogP contribution in [0, 0.1) is 0 Å². The van der Waals surface area contributed by atoms with Crippen LogP contribution in [0.4, 0.5) is 5.69 Å². The second-order valence-corrected chi connectivity index (χ2v) is 6.61. The lowest BCUT2D eigenvalue weighted by Crippen LogP contribution is -2.49. The van der Waals surface area contributed by atoms with Crippen LogP contribution < -0.4 is 4.90 Å². The van der Waals surface area contributed by atoms with E-state index >= 15 is 0 Å². The molecule has 1 fully saturated rings. The minimum absolute atomic E-state index is 0.0280. The number of aliphatic carboxylic acids is 1. The van der Waals surface area contributed by atoms with Gasteiger partial charge in [-0.05, 0) is 17.7 Å². The molecule has 0 spiro atoms. The summed E-state index contributed by atoms with van der Waals surface area (Å²) in [5.74, 6) is -1.12. The first-order valence-corrected chi connectivity index (χ1v) is 8.98. The van der Waals surface area contributed by atoms with Crippen molar-refractivity contribution in [2.24, 2.45) is 0 Å². The zero-order valence-electron chi connectivity index (χ0n) is 14.8. The van der Waals surface area contributed by atoms with Crippen molar-refractivity contribution in [2.45, 2.75) is 18.8 Å². The fourth-order valence-electron chi connectivity index (χ4n) is 3.44. The Hall–Kier alpha value is -2.82. The third-order valence-electron chi connectivity index (χ3n) is 4.87. The average molecular weight is 352 g/mol. The molecule has 2 aromatic rings. The zero-order chi connectivity index (χ0) is 18.4. The van der Waals surface area contributed by atoms with Crippen molar-refractivity contribution in [2.75, 3.05) is 31.1 Å². The number of benzene rings is 2. The van der Waals surface area contributed by atoms with Crippen LogP contribution in [0.5, 0.6) is 0 Å². The summed E-state index contributed by atoms with van der Waals surface area (Å²) >= 11 is 0. The lowest BCUT2D eigenvalue weighted by atomic mass is 9.92. The Bertz CT molecular complexity index is 725. The Balaban J connectivity index is 1.59. The van der Waals surface area contributed by atoms with E-state index in [0.29, 0.717) is 13.1 Å². The minimum Gasteiger partial charge on any atom is -0.481 e. The van der Waals surface area contributed by atoms with Gasteiger partial charge in [0.15, 0.2) is 0 Å². The fourth-order valence-corrected chi connectivity index (χ4v) is 3.44. The number of carboxylic acid groups (broad SMARTS) is 1. The van der Waals surface area contributed by atoms with Gasteiger partial charge in [0.25, 0.3) is 0 Å². The number of rotatable bonds is 6. The van der Waals surface area contributed by atoms with E-state index in [9.17, 15) is 14.7 Å². The summed E-state index contributed by atoms with van der Waals surface area (Å²) in [6, 6.07) is 19.6. The van der Waals surface area contributed by atoms with Crippen molar-refractivity contribution in [3.8, 4) is 0 Å². The molecule has 1 amide bonds. The second kappa shape index (κ2) is 8.52. The number of anilines is 1. The molecule has 1 atom stereocenters. The molecule has 1 saturated heterocycles. The van der Waals surface area contributed by atoms with E-state index in [1.165, 1.54) is 5.69 Å². The molecule has 0 radical (unpaired) electrons. The lowest BCUT2D eigenvalue weighted by molar-refractivity contribution is -0.138. The molecule has 5 heteroatoms. The lowest BCUT2D eigenvalue weighted by Gasteiger charge is -2.36. The Morgan fingerprint density at radius 3 is 2.00 bits per heavy atom. The summed E-state index contributed by atoms with van der Waals surface area (Å²) in [7, 11) is 0. The largest absolute Gasteiger partial charge is 0.481 e. The number of nitrogens with zero attached hydrogens (tertiary/aromatic N) is 2. The van der Waals surface area contributed by atoms with E-state index in [4.69, 9.17) is 0 Å². The van der Waals surface area contributed by atoms with Crippen LogP contribution in [0.15, 0.2) is 60.7 Å². The molecule has 0 aliphatic carbocycles. The van der Waals surface area contributed by atoms with Gasteiger partial charge in [0, 0.05) is 44.2 Å². The summed E-state index contributed by atoms with van der Waals surface area (Å²) in [6.45, 7) is 2.93. The summed E-state index contributed by atoms with van der Waals surface area (Å²) in [5, 5.41) is 9.20. The van der Waals surface area contributed by atoms with Gasteiger partial charge < -0.3 is 14.9 Å². The van der Waals surface area contributed by atoms with Crippen LogP contribution in [-0.2, 0) is 9.59 Å². The quantitative estimate of drug-likeness (QED) is 0.868. The summed E-state index contributed by atoms with van der Waals surface area (Å²) in [5.41, 5.74) is 2.08. The zero-order valence-corrected chi connectivity index (χ0v) is 14.8. The normalized spacial score (nSPS) is 15.5. The average Bonchev–Trinajstić information content (AvgIpc) is 2.68. The molecule has 1 N–H and O–H groups in total. The molecular formula is C21H24N2O3. The number of hydrogen-bond donors (Lipinski definition) is 1. The molecule has 0 bridgehead atoms. The van der Waals surface area contributed by atoms with Crippen LogP contribution in [0.2, 0.25) is 0 Å². The molecule has 1 heterocycles. The van der Waals surface area contributed by atoms with Crippen molar-refractivity contribution < 1.29 is 14.7 Å². The molecule has 1 aliphatic heterocycles. The van der Waals surface area contributed by atoms with Crippen LogP contribution in [0.1, 0.15) is 24.3 Å². The van der Waals surface area contributed by atoms with Gasteiger partial charge in [0.2, 0.25) is 5.91 Å². The van der Waals surface area contributed by atoms with Crippen LogP contribution in [-0.4, -0.2) is 48.1 Å². The number of hydrogen-bond acceptors (Lipinski definition) is 3. The monoisotopic (exact) mass is 352 g/mol. The summed E-state index contributed by atoms with van der Waals surface area (Å²) in [4.78, 5) is 28.1. The van der Waals surface area contributed by atoms with Crippen molar-refractivity contribution >= 4 is 17.6 Å². The van der Waals surface area contributed by atoms with Crippen molar-refractivity contribution in [3.05, 3.63) is 66.2 Å². The first-order valence-electron chi connectivity index (χ1n) is 8.98. The molecule has 0 saturated carbocycles. The van der Waals surface area contributed by atoms with Gasteiger partial charge in [-0.15, -0.1) is 0 Å². The summed E-state index contributed by atoms with van der Waals surface area (Å²) in [6.07, 6.45) is 0.210. The van der Waals surface area contributed by atoms with Crippen LogP contribution >= 0.6 is 0 Å². The Labute approximate surface area is 153 Å². The summed E-state index contributed by atoms with van der Waals surface area (Å²) < 4.78 is 0. The molecule has 26 heavy (non-hydrogen) atoms. The number of amides is 1. The minimum atomic E-state index is -0.874. The maximum atomic E-state index is 12.7. The van der Waals surface area contributed by atoms with Gasteiger partial charge in [0.05, 0.1) is 6.42 Å². The number of piperazine rings is 1.